The first-order valence-electron chi connectivity index (χ1n) is 13.1. The van der Waals surface area contributed by atoms with E-state index in [1.165, 1.54) is 18.2 Å². The molecule has 0 fully saturated rings. The van der Waals surface area contributed by atoms with Crippen molar-refractivity contribution in [3.63, 3.8) is 0 Å². The van der Waals surface area contributed by atoms with Crippen LogP contribution in [0.4, 0.5) is 4.39 Å². The second kappa shape index (κ2) is 12.3. The number of hydrogen-bond donors (Lipinski definition) is 0. The SMILES string of the molecule is C=CCOc1cc(F)ccc1C(c1ccccn1)N1CN(CC=C)C(=O)c2c(OCc3ccccc3)c(=O)ccn21. The standard InChI is InChI=1S/C32H29FN4O4/c1-3-17-35-22-37(29(26-12-8-9-16-34-26)25-14-13-24(33)20-28(25)40-19-4-2)36-18-15-27(38)31(30(36)32(35)39)41-21-23-10-6-5-7-11-23/h3-16,18,20,29H,1-2,17,19,21-22H2. The van der Waals surface area contributed by atoms with Gasteiger partial charge in [0.05, 0.1) is 5.69 Å². The second-order valence-corrected chi connectivity index (χ2v) is 9.31. The van der Waals surface area contributed by atoms with Gasteiger partial charge in [0.2, 0.25) is 5.43 Å². The van der Waals surface area contributed by atoms with E-state index in [4.69, 9.17) is 9.47 Å². The van der Waals surface area contributed by atoms with Gasteiger partial charge in [-0.15, -0.1) is 6.58 Å². The van der Waals surface area contributed by atoms with Crippen LogP contribution >= 0.6 is 0 Å². The van der Waals surface area contributed by atoms with Crippen LogP contribution < -0.4 is 19.9 Å². The molecule has 9 heteroatoms. The van der Waals surface area contributed by atoms with E-state index in [9.17, 15) is 14.0 Å². The second-order valence-electron chi connectivity index (χ2n) is 9.31. The van der Waals surface area contributed by atoms with Gasteiger partial charge in [-0.25, -0.2) is 4.39 Å². The minimum atomic E-state index is -0.653. The zero-order valence-corrected chi connectivity index (χ0v) is 22.4. The number of rotatable bonds is 11. The quantitative estimate of drug-likeness (QED) is 0.248. The highest BCUT2D eigenvalue weighted by atomic mass is 19.1. The van der Waals surface area contributed by atoms with Crippen LogP contribution in [0.5, 0.6) is 11.5 Å². The number of ether oxygens (including phenoxy) is 2. The first kappa shape index (κ1) is 27.4. The molecule has 2 aromatic carbocycles. The zero-order valence-electron chi connectivity index (χ0n) is 22.4. The number of aromatic nitrogens is 2. The van der Waals surface area contributed by atoms with Crippen molar-refractivity contribution in [2.24, 2.45) is 0 Å². The first-order chi connectivity index (χ1) is 20.0. The third-order valence-electron chi connectivity index (χ3n) is 6.59. The Morgan fingerprint density at radius 3 is 2.51 bits per heavy atom. The van der Waals surface area contributed by atoms with Crippen molar-refractivity contribution in [3.8, 4) is 11.5 Å². The summed E-state index contributed by atoms with van der Waals surface area (Å²) in [6.45, 7) is 8.10. The monoisotopic (exact) mass is 552 g/mol. The molecule has 0 bridgehead atoms. The molecule has 208 valence electrons. The summed E-state index contributed by atoms with van der Waals surface area (Å²) in [6.07, 6.45) is 6.39. The molecule has 0 spiro atoms. The summed E-state index contributed by atoms with van der Waals surface area (Å²) < 4.78 is 27.9. The van der Waals surface area contributed by atoms with Gasteiger partial charge in [-0.3, -0.25) is 24.3 Å². The molecule has 5 rings (SSSR count). The highest BCUT2D eigenvalue weighted by molar-refractivity contribution is 5.96. The lowest BCUT2D eigenvalue weighted by Gasteiger charge is -2.43. The minimum Gasteiger partial charge on any atom is -0.489 e. The summed E-state index contributed by atoms with van der Waals surface area (Å²) in [5.41, 5.74) is 1.72. The van der Waals surface area contributed by atoms with E-state index in [0.29, 0.717) is 17.0 Å². The van der Waals surface area contributed by atoms with Crippen LogP contribution in [0.2, 0.25) is 0 Å². The molecule has 0 N–H and O–H groups in total. The molecular formula is C32H29FN4O4. The van der Waals surface area contributed by atoms with Gasteiger partial charge < -0.3 is 14.4 Å². The first-order valence-corrected chi connectivity index (χ1v) is 13.1. The van der Waals surface area contributed by atoms with Gasteiger partial charge in [-0.2, -0.15) is 0 Å². The molecule has 2 aromatic heterocycles. The summed E-state index contributed by atoms with van der Waals surface area (Å²) >= 11 is 0. The van der Waals surface area contributed by atoms with E-state index in [1.807, 2.05) is 47.5 Å². The average molecular weight is 553 g/mol. The predicted octanol–water partition coefficient (Wildman–Crippen LogP) is 4.85. The molecule has 1 amide bonds. The number of fused-ring (bicyclic) bond motifs is 1. The number of halogens is 1. The molecule has 0 saturated carbocycles. The summed E-state index contributed by atoms with van der Waals surface area (Å²) in [4.78, 5) is 33.1. The molecule has 0 saturated heterocycles. The molecule has 3 heterocycles. The van der Waals surface area contributed by atoms with Crippen molar-refractivity contribution in [2.75, 3.05) is 24.8 Å². The fourth-order valence-corrected chi connectivity index (χ4v) is 4.77. The van der Waals surface area contributed by atoms with Gasteiger partial charge in [0.25, 0.3) is 5.91 Å². The Kier molecular flexibility index (Phi) is 8.24. The van der Waals surface area contributed by atoms with Gasteiger partial charge in [0, 0.05) is 36.6 Å². The summed E-state index contributed by atoms with van der Waals surface area (Å²) in [5, 5.41) is 1.87. The Labute approximate surface area is 237 Å². The van der Waals surface area contributed by atoms with Gasteiger partial charge >= 0.3 is 0 Å². The fraction of sp³-hybridized carbons (Fsp3) is 0.156. The number of carbonyl (C=O) groups is 1. The molecule has 4 aromatic rings. The number of nitrogens with zero attached hydrogens (tertiary/aromatic N) is 4. The van der Waals surface area contributed by atoms with Crippen molar-refractivity contribution >= 4 is 5.91 Å². The maximum absolute atomic E-state index is 14.4. The van der Waals surface area contributed by atoms with Crippen molar-refractivity contribution < 1.29 is 18.7 Å². The zero-order chi connectivity index (χ0) is 28.8. The Bertz CT molecular complexity index is 1610. The lowest BCUT2D eigenvalue weighted by molar-refractivity contribution is 0.0697. The van der Waals surface area contributed by atoms with Crippen molar-refractivity contribution in [1.29, 1.82) is 0 Å². The van der Waals surface area contributed by atoms with E-state index >= 15 is 0 Å². The number of pyridine rings is 2. The molecular weight excluding hydrogens is 523 g/mol. The topological polar surface area (TPSA) is 76.9 Å². The number of carbonyl (C=O) groups excluding carboxylic acids is 1. The van der Waals surface area contributed by atoms with E-state index in [0.717, 1.165) is 5.56 Å². The van der Waals surface area contributed by atoms with Gasteiger partial charge in [0.1, 0.15) is 37.5 Å². The van der Waals surface area contributed by atoms with Crippen LogP contribution in [-0.4, -0.2) is 40.3 Å². The fourth-order valence-electron chi connectivity index (χ4n) is 4.77. The molecule has 1 aliphatic heterocycles. The highest BCUT2D eigenvalue weighted by Gasteiger charge is 2.38. The van der Waals surface area contributed by atoms with Crippen molar-refractivity contribution in [3.05, 3.63) is 149 Å². The molecule has 1 aliphatic rings. The molecule has 8 nitrogen and oxygen atoms in total. The van der Waals surface area contributed by atoms with Crippen LogP contribution in [0.15, 0.2) is 115 Å². The van der Waals surface area contributed by atoms with Crippen molar-refractivity contribution in [1.82, 2.24) is 14.6 Å². The van der Waals surface area contributed by atoms with E-state index in [1.54, 1.807) is 46.3 Å². The van der Waals surface area contributed by atoms with E-state index < -0.39 is 17.3 Å². The smallest absolute Gasteiger partial charge is 0.278 e. The van der Waals surface area contributed by atoms with Crippen LogP contribution in [0, 0.1) is 5.82 Å². The maximum atomic E-state index is 14.4. The van der Waals surface area contributed by atoms with Crippen molar-refractivity contribution in [2.45, 2.75) is 12.6 Å². The summed E-state index contributed by atoms with van der Waals surface area (Å²) in [6, 6.07) is 19.9. The van der Waals surface area contributed by atoms with E-state index in [2.05, 4.69) is 18.1 Å². The number of hydrogen-bond acceptors (Lipinski definition) is 6. The average Bonchev–Trinajstić information content (AvgIpc) is 2.99. The molecule has 0 aliphatic carbocycles. The van der Waals surface area contributed by atoms with Crippen LogP contribution in [-0.2, 0) is 6.61 Å². The predicted molar refractivity (Wildman–Crippen MR) is 154 cm³/mol. The van der Waals surface area contributed by atoms with Crippen LogP contribution in [0.1, 0.15) is 33.4 Å². The summed E-state index contributed by atoms with van der Waals surface area (Å²) in [7, 11) is 0. The number of benzene rings is 2. The molecule has 0 radical (unpaired) electrons. The normalized spacial score (nSPS) is 13.3. The van der Waals surface area contributed by atoms with Crippen LogP contribution in [0.25, 0.3) is 0 Å². The van der Waals surface area contributed by atoms with Gasteiger partial charge in [-0.1, -0.05) is 55.1 Å². The Hall–Kier alpha value is -5.18. The summed E-state index contributed by atoms with van der Waals surface area (Å²) in [5.74, 6) is -0.614. The molecule has 1 unspecified atom stereocenters. The highest BCUT2D eigenvalue weighted by Crippen LogP contribution is 2.36. The largest absolute Gasteiger partial charge is 0.489 e. The molecule has 1 atom stereocenters. The number of amides is 1. The van der Waals surface area contributed by atoms with Crippen LogP contribution in [0.3, 0.4) is 0 Å². The van der Waals surface area contributed by atoms with Gasteiger partial charge in [0.15, 0.2) is 11.4 Å². The van der Waals surface area contributed by atoms with E-state index in [-0.39, 0.29) is 43.8 Å². The Balaban J connectivity index is 1.69. The Morgan fingerprint density at radius 2 is 1.78 bits per heavy atom. The lowest BCUT2D eigenvalue weighted by Crippen LogP contribution is -2.55. The third kappa shape index (κ3) is 5.74. The lowest BCUT2D eigenvalue weighted by atomic mass is 10.0. The minimum absolute atomic E-state index is 0.0675. The third-order valence-corrected chi connectivity index (χ3v) is 6.59. The maximum Gasteiger partial charge on any atom is 0.278 e. The van der Waals surface area contributed by atoms with Gasteiger partial charge in [-0.05, 0) is 29.8 Å². The molecule has 41 heavy (non-hydrogen) atoms. The Morgan fingerprint density at radius 1 is 0.976 bits per heavy atom.